The molecule has 0 bridgehead atoms. The van der Waals surface area contributed by atoms with Crippen molar-refractivity contribution in [1.82, 2.24) is 14.7 Å². The first-order chi connectivity index (χ1) is 12.9. The van der Waals surface area contributed by atoms with E-state index in [-0.39, 0.29) is 17.9 Å². The van der Waals surface area contributed by atoms with Gasteiger partial charge in [0.25, 0.3) is 0 Å². The van der Waals surface area contributed by atoms with Gasteiger partial charge in [0.2, 0.25) is 5.91 Å². The predicted octanol–water partition coefficient (Wildman–Crippen LogP) is 1.77. The summed E-state index contributed by atoms with van der Waals surface area (Å²) < 4.78 is 5.23. The quantitative estimate of drug-likeness (QED) is 0.427. The molecule has 1 fully saturated rings. The van der Waals surface area contributed by atoms with E-state index >= 15 is 0 Å². The Kier molecular flexibility index (Phi) is 8.54. The van der Waals surface area contributed by atoms with Crippen LogP contribution in [0, 0.1) is 0 Å². The Labute approximate surface area is 163 Å². The molecule has 1 amide bonds. The second-order valence-corrected chi connectivity index (χ2v) is 7.91. The fourth-order valence-electron chi connectivity index (χ4n) is 3.64. The third-order valence-electron chi connectivity index (χ3n) is 5.37. The third-order valence-corrected chi connectivity index (χ3v) is 5.37. The van der Waals surface area contributed by atoms with Crippen LogP contribution in [0.25, 0.3) is 0 Å². The molecule has 0 aromatic rings. The number of carbonyl (C=O) groups excluding carboxylic acids is 2. The normalized spacial score (nSPS) is 22.5. The molecule has 154 valence electrons. The average Bonchev–Trinajstić information content (AvgIpc) is 3.25. The molecule has 2 aliphatic rings. The maximum atomic E-state index is 12.5. The molecular formula is C20H36N4O3. The number of likely N-dealkylation sites (tertiary alicyclic amines) is 1. The first-order valence-corrected chi connectivity index (χ1v) is 10.3. The van der Waals surface area contributed by atoms with Crippen LogP contribution in [0.4, 0.5) is 0 Å². The molecular weight excluding hydrogens is 344 g/mol. The lowest BCUT2D eigenvalue weighted by Crippen LogP contribution is -2.35. The maximum absolute atomic E-state index is 12.5. The zero-order chi connectivity index (χ0) is 19.8. The van der Waals surface area contributed by atoms with Crippen LogP contribution in [0.1, 0.15) is 52.4 Å². The minimum absolute atomic E-state index is 0.148. The van der Waals surface area contributed by atoms with Gasteiger partial charge in [0.05, 0.1) is 24.9 Å². The fourth-order valence-corrected chi connectivity index (χ4v) is 3.64. The Morgan fingerprint density at radius 1 is 1.26 bits per heavy atom. The number of unbranched alkanes of at least 4 members (excludes halogenated alkanes) is 1. The highest BCUT2D eigenvalue weighted by Crippen LogP contribution is 2.17. The molecule has 0 aliphatic carbocycles. The smallest absolute Gasteiger partial charge is 0.307 e. The lowest BCUT2D eigenvalue weighted by molar-refractivity contribution is -0.144. The molecule has 2 aliphatic heterocycles. The highest BCUT2D eigenvalue weighted by atomic mass is 16.5. The molecule has 0 radical (unpaired) electrons. The molecule has 27 heavy (non-hydrogen) atoms. The van der Waals surface area contributed by atoms with E-state index in [9.17, 15) is 9.59 Å². The SMILES string of the molecule is CCCCOC(=O)CCN1CC(C)N=C1CCC(=O)N1CCC(N(C)C)C1. The number of hydrogen-bond donors (Lipinski definition) is 0. The van der Waals surface area contributed by atoms with Crippen molar-refractivity contribution >= 4 is 17.7 Å². The second kappa shape index (κ2) is 10.6. The minimum atomic E-state index is -0.148. The summed E-state index contributed by atoms with van der Waals surface area (Å²) in [6.45, 7) is 7.76. The van der Waals surface area contributed by atoms with Gasteiger partial charge in [0.1, 0.15) is 0 Å². The summed E-state index contributed by atoms with van der Waals surface area (Å²) in [5.74, 6) is 1.02. The maximum Gasteiger partial charge on any atom is 0.307 e. The molecule has 0 aromatic carbocycles. The van der Waals surface area contributed by atoms with Crippen LogP contribution in [0.5, 0.6) is 0 Å². The summed E-state index contributed by atoms with van der Waals surface area (Å²) in [5.41, 5.74) is 0. The molecule has 2 rings (SSSR count). The van der Waals surface area contributed by atoms with Gasteiger partial charge in [-0.25, -0.2) is 0 Å². The predicted molar refractivity (Wildman–Crippen MR) is 107 cm³/mol. The van der Waals surface area contributed by atoms with E-state index in [1.807, 2.05) is 4.90 Å². The minimum Gasteiger partial charge on any atom is -0.466 e. The molecule has 0 saturated carbocycles. The Balaban J connectivity index is 1.74. The summed E-state index contributed by atoms with van der Waals surface area (Å²) in [6, 6.07) is 0.684. The van der Waals surface area contributed by atoms with Crippen LogP contribution >= 0.6 is 0 Å². The van der Waals surface area contributed by atoms with Crippen molar-refractivity contribution < 1.29 is 14.3 Å². The molecule has 7 heteroatoms. The Morgan fingerprint density at radius 2 is 2.04 bits per heavy atom. The van der Waals surface area contributed by atoms with E-state index < -0.39 is 0 Å². The topological polar surface area (TPSA) is 65.5 Å². The molecule has 7 nitrogen and oxygen atoms in total. The first kappa shape index (κ1) is 21.7. The summed E-state index contributed by atoms with van der Waals surface area (Å²) in [7, 11) is 4.14. The second-order valence-electron chi connectivity index (χ2n) is 7.91. The van der Waals surface area contributed by atoms with Gasteiger partial charge in [-0.2, -0.15) is 0 Å². The monoisotopic (exact) mass is 380 g/mol. The number of esters is 1. The Morgan fingerprint density at radius 3 is 2.70 bits per heavy atom. The number of amides is 1. The Bertz CT molecular complexity index is 535. The van der Waals surface area contributed by atoms with E-state index in [1.54, 1.807) is 0 Å². The first-order valence-electron chi connectivity index (χ1n) is 10.3. The number of ether oxygens (including phenoxy) is 1. The van der Waals surface area contributed by atoms with Gasteiger partial charge in [-0.1, -0.05) is 13.3 Å². The molecule has 0 aromatic heterocycles. The van der Waals surface area contributed by atoms with Crippen molar-refractivity contribution in [1.29, 1.82) is 0 Å². The number of rotatable bonds is 10. The zero-order valence-corrected chi connectivity index (χ0v) is 17.4. The van der Waals surface area contributed by atoms with Crippen LogP contribution in [0.2, 0.25) is 0 Å². The fraction of sp³-hybridized carbons (Fsp3) is 0.850. The van der Waals surface area contributed by atoms with Crippen LogP contribution < -0.4 is 0 Å². The molecule has 2 atom stereocenters. The molecule has 0 N–H and O–H groups in total. The molecule has 2 unspecified atom stereocenters. The highest BCUT2D eigenvalue weighted by molar-refractivity contribution is 5.88. The van der Waals surface area contributed by atoms with Gasteiger partial charge in [0.15, 0.2) is 0 Å². The van der Waals surface area contributed by atoms with E-state index in [4.69, 9.17) is 4.74 Å². The van der Waals surface area contributed by atoms with Gasteiger partial charge < -0.3 is 19.4 Å². The Hall–Kier alpha value is -1.63. The summed E-state index contributed by atoms with van der Waals surface area (Å²) in [5, 5.41) is 0. The summed E-state index contributed by atoms with van der Waals surface area (Å²) >= 11 is 0. The largest absolute Gasteiger partial charge is 0.466 e. The van der Waals surface area contributed by atoms with E-state index in [1.165, 1.54) is 0 Å². The van der Waals surface area contributed by atoms with Gasteiger partial charge in [0, 0.05) is 45.1 Å². The van der Waals surface area contributed by atoms with Gasteiger partial charge in [-0.05, 0) is 33.9 Å². The van der Waals surface area contributed by atoms with E-state index in [0.717, 1.165) is 44.7 Å². The van der Waals surface area contributed by atoms with Crippen molar-refractivity contribution in [3.63, 3.8) is 0 Å². The number of hydrogen-bond acceptors (Lipinski definition) is 6. The van der Waals surface area contributed by atoms with E-state index in [2.05, 4.69) is 42.7 Å². The number of aliphatic imine (C=N–C) groups is 1. The standard InChI is InChI=1S/C20H36N4O3/c1-5-6-13-27-20(26)10-12-23-14-16(2)21-18(23)7-8-19(25)24-11-9-17(15-24)22(3)4/h16-17H,5-15H2,1-4H3. The summed E-state index contributed by atoms with van der Waals surface area (Å²) in [4.78, 5) is 35.4. The number of carbonyl (C=O) groups is 2. The van der Waals surface area contributed by atoms with Crippen LogP contribution in [-0.4, -0.2) is 91.4 Å². The third kappa shape index (κ3) is 6.79. The van der Waals surface area contributed by atoms with Crippen molar-refractivity contribution in [3.8, 4) is 0 Å². The highest BCUT2D eigenvalue weighted by Gasteiger charge is 2.28. The molecule has 0 spiro atoms. The zero-order valence-electron chi connectivity index (χ0n) is 17.4. The van der Waals surface area contributed by atoms with Crippen LogP contribution in [0.3, 0.4) is 0 Å². The van der Waals surface area contributed by atoms with Gasteiger partial charge in [-0.15, -0.1) is 0 Å². The van der Waals surface area contributed by atoms with Gasteiger partial charge in [-0.3, -0.25) is 14.6 Å². The van der Waals surface area contributed by atoms with Crippen LogP contribution in [0.15, 0.2) is 4.99 Å². The van der Waals surface area contributed by atoms with Crippen molar-refractivity contribution in [2.75, 3.05) is 46.9 Å². The molecule has 2 heterocycles. The van der Waals surface area contributed by atoms with E-state index in [0.29, 0.717) is 38.5 Å². The lowest BCUT2D eigenvalue weighted by Gasteiger charge is -2.22. The van der Waals surface area contributed by atoms with Crippen molar-refractivity contribution in [3.05, 3.63) is 0 Å². The average molecular weight is 381 g/mol. The number of amidine groups is 1. The number of nitrogens with zero attached hydrogens (tertiary/aromatic N) is 4. The van der Waals surface area contributed by atoms with Crippen molar-refractivity contribution in [2.45, 2.75) is 64.5 Å². The van der Waals surface area contributed by atoms with Crippen LogP contribution in [-0.2, 0) is 14.3 Å². The summed E-state index contributed by atoms with van der Waals surface area (Å²) in [6.07, 6.45) is 4.49. The molecule has 1 saturated heterocycles. The number of likely N-dealkylation sites (N-methyl/N-ethyl adjacent to an activating group) is 1. The lowest BCUT2D eigenvalue weighted by atomic mass is 10.2. The van der Waals surface area contributed by atoms with Gasteiger partial charge >= 0.3 is 5.97 Å². The van der Waals surface area contributed by atoms with Crippen molar-refractivity contribution in [2.24, 2.45) is 4.99 Å².